The standard InChI is InChI=1S/C15H15F2N3O3/c1-2-13-11(14(21)19-12(7-16)15(22)23)8-18-20(13)10-5-3-9(17)4-6-10/h3-6,8,12H,2,7H2,1H3,(H,19,21)(H,22,23). The van der Waals surface area contributed by atoms with Crippen LogP contribution in [0.25, 0.3) is 5.69 Å². The second kappa shape index (κ2) is 6.99. The van der Waals surface area contributed by atoms with Gasteiger partial charge in [-0.2, -0.15) is 5.10 Å². The number of hydrogen-bond acceptors (Lipinski definition) is 3. The van der Waals surface area contributed by atoms with Crippen LogP contribution in [-0.4, -0.2) is 39.5 Å². The molecule has 0 bridgehead atoms. The Morgan fingerprint density at radius 3 is 2.52 bits per heavy atom. The van der Waals surface area contributed by atoms with Crippen LogP contribution in [0.5, 0.6) is 0 Å². The fraction of sp³-hybridized carbons (Fsp3) is 0.267. The van der Waals surface area contributed by atoms with Crippen LogP contribution < -0.4 is 5.32 Å². The Hall–Kier alpha value is -2.77. The highest BCUT2D eigenvalue weighted by Gasteiger charge is 2.23. The molecule has 2 N–H and O–H groups in total. The molecule has 122 valence electrons. The fourth-order valence-corrected chi connectivity index (χ4v) is 2.11. The lowest BCUT2D eigenvalue weighted by Crippen LogP contribution is -2.42. The zero-order chi connectivity index (χ0) is 17.0. The largest absolute Gasteiger partial charge is 0.480 e. The van der Waals surface area contributed by atoms with Crippen molar-refractivity contribution in [1.29, 1.82) is 0 Å². The van der Waals surface area contributed by atoms with Crippen molar-refractivity contribution in [2.45, 2.75) is 19.4 Å². The number of aliphatic carboxylic acids is 1. The van der Waals surface area contributed by atoms with Crippen LogP contribution in [0.15, 0.2) is 30.5 Å². The molecule has 2 rings (SSSR count). The molecular formula is C15H15F2N3O3. The molecular weight excluding hydrogens is 308 g/mol. The third-order valence-corrected chi connectivity index (χ3v) is 3.28. The van der Waals surface area contributed by atoms with Gasteiger partial charge >= 0.3 is 5.97 Å². The number of aromatic nitrogens is 2. The number of halogens is 2. The van der Waals surface area contributed by atoms with Crippen LogP contribution in [0.1, 0.15) is 23.0 Å². The number of carboxylic acid groups (broad SMARTS) is 1. The summed E-state index contributed by atoms with van der Waals surface area (Å²) in [4.78, 5) is 22.9. The Labute approximate surface area is 130 Å². The molecule has 8 heteroatoms. The summed E-state index contributed by atoms with van der Waals surface area (Å²) in [5, 5.41) is 15.0. The van der Waals surface area contributed by atoms with Crippen molar-refractivity contribution in [2.75, 3.05) is 6.67 Å². The Morgan fingerprint density at radius 1 is 1.35 bits per heavy atom. The van der Waals surface area contributed by atoms with Crippen LogP contribution in [0.2, 0.25) is 0 Å². The number of alkyl halides is 1. The highest BCUT2D eigenvalue weighted by Crippen LogP contribution is 2.16. The molecule has 23 heavy (non-hydrogen) atoms. The summed E-state index contributed by atoms with van der Waals surface area (Å²) in [6, 6.07) is 3.93. The van der Waals surface area contributed by atoms with Crippen molar-refractivity contribution in [3.8, 4) is 5.69 Å². The Kier molecular flexibility index (Phi) is 5.05. The average molecular weight is 323 g/mol. The zero-order valence-electron chi connectivity index (χ0n) is 12.3. The van der Waals surface area contributed by atoms with Crippen LogP contribution in [0.4, 0.5) is 8.78 Å². The number of nitrogens with zero attached hydrogens (tertiary/aromatic N) is 2. The molecule has 1 heterocycles. The second-order valence-electron chi connectivity index (χ2n) is 4.77. The number of benzene rings is 1. The maximum atomic E-state index is 13.0. The highest BCUT2D eigenvalue weighted by atomic mass is 19.1. The van der Waals surface area contributed by atoms with Gasteiger partial charge in [0.05, 0.1) is 23.1 Å². The molecule has 0 saturated heterocycles. The van der Waals surface area contributed by atoms with Gasteiger partial charge in [0, 0.05) is 0 Å². The summed E-state index contributed by atoms with van der Waals surface area (Å²) in [6.07, 6.45) is 1.70. The van der Waals surface area contributed by atoms with Crippen LogP contribution >= 0.6 is 0 Å². The average Bonchev–Trinajstić information content (AvgIpc) is 2.96. The summed E-state index contributed by atoms with van der Waals surface area (Å²) >= 11 is 0. The van der Waals surface area contributed by atoms with Gasteiger partial charge in [0.1, 0.15) is 12.5 Å². The van der Waals surface area contributed by atoms with E-state index in [1.807, 2.05) is 0 Å². The molecule has 0 spiro atoms. The molecule has 1 unspecified atom stereocenters. The molecule has 0 aliphatic heterocycles. The van der Waals surface area contributed by atoms with Gasteiger partial charge in [0.25, 0.3) is 5.91 Å². The van der Waals surface area contributed by atoms with Gasteiger partial charge < -0.3 is 10.4 Å². The number of rotatable bonds is 6. The summed E-state index contributed by atoms with van der Waals surface area (Å²) < 4.78 is 27.1. The predicted octanol–water partition coefficient (Wildman–Crippen LogP) is 1.73. The minimum Gasteiger partial charge on any atom is -0.480 e. The molecule has 0 saturated carbocycles. The summed E-state index contributed by atoms with van der Waals surface area (Å²) in [7, 11) is 0. The molecule has 6 nitrogen and oxygen atoms in total. The van der Waals surface area contributed by atoms with E-state index in [2.05, 4.69) is 10.4 Å². The van der Waals surface area contributed by atoms with Crippen molar-refractivity contribution in [1.82, 2.24) is 15.1 Å². The normalized spacial score (nSPS) is 12.0. The maximum absolute atomic E-state index is 13.0. The molecule has 2 aromatic rings. The fourth-order valence-electron chi connectivity index (χ4n) is 2.11. The van der Waals surface area contributed by atoms with Crippen molar-refractivity contribution >= 4 is 11.9 Å². The molecule has 1 atom stereocenters. The van der Waals surface area contributed by atoms with E-state index in [-0.39, 0.29) is 5.56 Å². The van der Waals surface area contributed by atoms with E-state index < -0.39 is 30.4 Å². The molecule has 1 amide bonds. The minimum atomic E-state index is -1.61. The van der Waals surface area contributed by atoms with Crippen molar-refractivity contribution in [3.05, 3.63) is 47.5 Å². The van der Waals surface area contributed by atoms with Crippen LogP contribution in [-0.2, 0) is 11.2 Å². The van der Waals surface area contributed by atoms with E-state index in [0.717, 1.165) is 0 Å². The van der Waals surface area contributed by atoms with Crippen molar-refractivity contribution in [3.63, 3.8) is 0 Å². The highest BCUT2D eigenvalue weighted by molar-refractivity contribution is 5.97. The number of carbonyl (C=O) groups excluding carboxylic acids is 1. The van der Waals surface area contributed by atoms with Gasteiger partial charge in [-0.15, -0.1) is 0 Å². The van der Waals surface area contributed by atoms with Crippen LogP contribution in [0, 0.1) is 5.82 Å². The molecule has 1 aromatic heterocycles. The molecule has 0 aliphatic rings. The summed E-state index contributed by atoms with van der Waals surface area (Å²) in [6.45, 7) is 0.576. The number of amides is 1. The number of carboxylic acids is 1. The SMILES string of the molecule is CCc1c(C(=O)NC(CF)C(=O)O)cnn1-c1ccc(F)cc1. The first-order valence-electron chi connectivity index (χ1n) is 6.90. The van der Waals surface area contributed by atoms with Gasteiger partial charge in [-0.3, -0.25) is 4.79 Å². The minimum absolute atomic E-state index is 0.150. The van der Waals surface area contributed by atoms with E-state index >= 15 is 0 Å². The Bertz CT molecular complexity index is 713. The molecule has 1 aromatic carbocycles. The van der Waals surface area contributed by atoms with Gasteiger partial charge in [-0.25, -0.2) is 18.3 Å². The first-order valence-corrected chi connectivity index (χ1v) is 6.90. The molecule has 0 fully saturated rings. The lowest BCUT2D eigenvalue weighted by Gasteiger charge is -2.11. The third kappa shape index (κ3) is 3.53. The van der Waals surface area contributed by atoms with Gasteiger partial charge in [0.2, 0.25) is 0 Å². The smallest absolute Gasteiger partial charge is 0.328 e. The van der Waals surface area contributed by atoms with Crippen molar-refractivity contribution < 1.29 is 23.5 Å². The van der Waals surface area contributed by atoms with E-state index in [4.69, 9.17) is 5.11 Å². The first-order chi connectivity index (χ1) is 11.0. The topological polar surface area (TPSA) is 84.2 Å². The number of nitrogens with one attached hydrogen (secondary N) is 1. The van der Waals surface area contributed by atoms with E-state index in [9.17, 15) is 18.4 Å². The summed E-state index contributed by atoms with van der Waals surface area (Å²) in [5.41, 5.74) is 1.22. The molecule has 0 aliphatic carbocycles. The lowest BCUT2D eigenvalue weighted by atomic mass is 10.1. The molecule has 0 radical (unpaired) electrons. The second-order valence-corrected chi connectivity index (χ2v) is 4.77. The van der Waals surface area contributed by atoms with Gasteiger partial charge in [-0.1, -0.05) is 6.92 Å². The van der Waals surface area contributed by atoms with E-state index in [1.165, 1.54) is 35.1 Å². The van der Waals surface area contributed by atoms with Gasteiger partial charge in [0.15, 0.2) is 6.04 Å². The lowest BCUT2D eigenvalue weighted by molar-refractivity contribution is -0.139. The maximum Gasteiger partial charge on any atom is 0.328 e. The van der Waals surface area contributed by atoms with E-state index in [0.29, 0.717) is 17.8 Å². The van der Waals surface area contributed by atoms with Crippen LogP contribution in [0.3, 0.4) is 0 Å². The number of hydrogen-bond donors (Lipinski definition) is 2. The number of carbonyl (C=O) groups is 2. The first kappa shape index (κ1) is 16.6. The van der Waals surface area contributed by atoms with Crippen molar-refractivity contribution in [2.24, 2.45) is 0 Å². The Balaban J connectivity index is 2.32. The predicted molar refractivity (Wildman–Crippen MR) is 77.8 cm³/mol. The van der Waals surface area contributed by atoms with Gasteiger partial charge in [-0.05, 0) is 30.7 Å². The quantitative estimate of drug-likeness (QED) is 0.848. The third-order valence-electron chi connectivity index (χ3n) is 3.28. The summed E-state index contributed by atoms with van der Waals surface area (Å²) in [5.74, 6) is -2.57. The van der Waals surface area contributed by atoms with E-state index in [1.54, 1.807) is 6.92 Å². The Morgan fingerprint density at radius 2 is 2.00 bits per heavy atom. The monoisotopic (exact) mass is 323 g/mol. The zero-order valence-corrected chi connectivity index (χ0v) is 12.3.